The molecule has 2 heterocycles. The Morgan fingerprint density at radius 1 is 1.11 bits per heavy atom. The summed E-state index contributed by atoms with van der Waals surface area (Å²) in [6.45, 7) is 1.93. The molecule has 0 bridgehead atoms. The van der Waals surface area contributed by atoms with E-state index < -0.39 is 0 Å². The van der Waals surface area contributed by atoms with E-state index in [1.54, 1.807) is 25.1 Å². The van der Waals surface area contributed by atoms with Crippen LogP contribution in [-0.4, -0.2) is 21.1 Å². The summed E-state index contributed by atoms with van der Waals surface area (Å²) in [4.78, 5) is 17.0. The van der Waals surface area contributed by atoms with Crippen LogP contribution in [0.4, 0.5) is 0 Å². The number of carbonyl (C=O) groups is 1. The van der Waals surface area contributed by atoms with Crippen LogP contribution < -0.4 is 5.32 Å². The van der Waals surface area contributed by atoms with Gasteiger partial charge in [-0.25, -0.2) is 0 Å². The molecule has 4 rings (SSSR count). The van der Waals surface area contributed by atoms with Crippen molar-refractivity contribution in [1.29, 1.82) is 0 Å². The molecule has 1 N–H and O–H groups in total. The summed E-state index contributed by atoms with van der Waals surface area (Å²) < 4.78 is 5.60. The molecule has 0 aliphatic carbocycles. The summed E-state index contributed by atoms with van der Waals surface area (Å²) >= 11 is 6.03. The highest BCUT2D eigenvalue weighted by molar-refractivity contribution is 6.31. The smallest absolute Gasteiger partial charge is 0.253 e. The van der Waals surface area contributed by atoms with Gasteiger partial charge in [0.05, 0.1) is 23.3 Å². The Bertz CT molecular complexity index is 1130. The van der Waals surface area contributed by atoms with Crippen LogP contribution in [0.1, 0.15) is 21.9 Å². The Morgan fingerprint density at radius 2 is 1.93 bits per heavy atom. The molecule has 0 spiro atoms. The number of aromatic nitrogens is 3. The average molecular weight is 379 g/mol. The van der Waals surface area contributed by atoms with Crippen molar-refractivity contribution >= 4 is 28.4 Å². The van der Waals surface area contributed by atoms with Crippen LogP contribution in [0.25, 0.3) is 22.4 Å². The Balaban J connectivity index is 1.51. The van der Waals surface area contributed by atoms with Crippen LogP contribution in [0, 0.1) is 6.92 Å². The predicted octanol–water partition coefficient (Wildman–Crippen LogP) is 4.18. The first-order valence-corrected chi connectivity index (χ1v) is 8.71. The van der Waals surface area contributed by atoms with Crippen LogP contribution in [0.2, 0.25) is 5.02 Å². The van der Waals surface area contributed by atoms with Gasteiger partial charge in [-0.15, -0.1) is 10.2 Å². The number of halogens is 1. The monoisotopic (exact) mass is 378 g/mol. The average Bonchev–Trinajstić information content (AvgIpc) is 3.16. The number of aryl methyl sites for hydroxylation is 1. The summed E-state index contributed by atoms with van der Waals surface area (Å²) in [5.74, 6) is 0.482. The molecular formula is C20H15ClN4O2. The van der Waals surface area contributed by atoms with E-state index in [1.807, 2.05) is 36.4 Å². The van der Waals surface area contributed by atoms with Crippen molar-refractivity contribution in [2.24, 2.45) is 0 Å². The Morgan fingerprint density at radius 3 is 2.74 bits per heavy atom. The number of pyridine rings is 1. The summed E-state index contributed by atoms with van der Waals surface area (Å²) in [7, 11) is 0. The van der Waals surface area contributed by atoms with E-state index in [0.717, 1.165) is 16.5 Å². The maximum Gasteiger partial charge on any atom is 0.253 e. The third kappa shape index (κ3) is 3.66. The molecule has 27 heavy (non-hydrogen) atoms. The van der Waals surface area contributed by atoms with Gasteiger partial charge < -0.3 is 9.73 Å². The van der Waals surface area contributed by atoms with E-state index in [9.17, 15) is 4.79 Å². The van der Waals surface area contributed by atoms with Crippen LogP contribution in [0.15, 0.2) is 59.0 Å². The second-order valence-electron chi connectivity index (χ2n) is 6.01. The van der Waals surface area contributed by atoms with Crippen LogP contribution >= 0.6 is 11.6 Å². The minimum absolute atomic E-state index is 0.131. The largest absolute Gasteiger partial charge is 0.419 e. The molecule has 6 nitrogen and oxygen atoms in total. The van der Waals surface area contributed by atoms with Gasteiger partial charge in [0.15, 0.2) is 0 Å². The first-order valence-electron chi connectivity index (χ1n) is 8.33. The molecule has 7 heteroatoms. The molecule has 0 radical (unpaired) electrons. The summed E-state index contributed by atoms with van der Waals surface area (Å²) in [6.07, 6.45) is 0. The van der Waals surface area contributed by atoms with Gasteiger partial charge in [0.1, 0.15) is 0 Å². The molecule has 0 saturated heterocycles. The number of fused-ring (bicyclic) bond motifs is 1. The Labute approximate surface area is 160 Å². The van der Waals surface area contributed by atoms with Crippen molar-refractivity contribution in [2.45, 2.75) is 13.5 Å². The first kappa shape index (κ1) is 17.2. The maximum atomic E-state index is 12.6. The molecule has 0 aliphatic heterocycles. The molecule has 2 aromatic carbocycles. The van der Waals surface area contributed by atoms with Crippen molar-refractivity contribution in [1.82, 2.24) is 20.5 Å². The molecule has 0 aliphatic rings. The van der Waals surface area contributed by atoms with Gasteiger partial charge in [0.25, 0.3) is 5.91 Å². The van der Waals surface area contributed by atoms with Gasteiger partial charge in [0, 0.05) is 16.0 Å². The standard InChI is InChI=1S/C20H15ClN4O2/c1-12-16(10-14-9-15(21)7-8-17(14)23-12)19(26)22-11-18-24-25-20(27-18)13-5-3-2-4-6-13/h2-10H,11H2,1H3,(H,22,26). The molecule has 2 aromatic heterocycles. The van der Waals surface area contributed by atoms with Crippen molar-refractivity contribution in [3.63, 3.8) is 0 Å². The van der Waals surface area contributed by atoms with E-state index in [0.29, 0.717) is 28.1 Å². The van der Waals surface area contributed by atoms with Gasteiger partial charge in [-0.1, -0.05) is 29.8 Å². The molecular weight excluding hydrogens is 364 g/mol. The fourth-order valence-corrected chi connectivity index (χ4v) is 2.93. The number of rotatable bonds is 4. The van der Waals surface area contributed by atoms with Crippen LogP contribution in [-0.2, 0) is 6.54 Å². The maximum absolute atomic E-state index is 12.6. The molecule has 134 valence electrons. The number of carbonyl (C=O) groups excluding carboxylic acids is 1. The zero-order valence-corrected chi connectivity index (χ0v) is 15.2. The summed E-state index contributed by atoms with van der Waals surface area (Å²) in [5, 5.41) is 12.2. The molecule has 0 fully saturated rings. The van der Waals surface area contributed by atoms with Crippen molar-refractivity contribution in [3.8, 4) is 11.5 Å². The lowest BCUT2D eigenvalue weighted by molar-refractivity contribution is 0.0946. The number of hydrogen-bond acceptors (Lipinski definition) is 5. The molecule has 0 saturated carbocycles. The number of amides is 1. The topological polar surface area (TPSA) is 80.9 Å². The van der Waals surface area contributed by atoms with Crippen molar-refractivity contribution in [3.05, 3.63) is 76.8 Å². The second-order valence-corrected chi connectivity index (χ2v) is 6.44. The van der Waals surface area contributed by atoms with E-state index in [1.165, 1.54) is 0 Å². The summed E-state index contributed by atoms with van der Waals surface area (Å²) in [5.41, 5.74) is 2.73. The Hall–Kier alpha value is -3.25. The van der Waals surface area contributed by atoms with Gasteiger partial charge >= 0.3 is 0 Å². The predicted molar refractivity (Wildman–Crippen MR) is 102 cm³/mol. The lowest BCUT2D eigenvalue weighted by Gasteiger charge is -2.08. The van der Waals surface area contributed by atoms with E-state index in [4.69, 9.17) is 16.0 Å². The first-order chi connectivity index (χ1) is 13.1. The van der Waals surface area contributed by atoms with E-state index in [-0.39, 0.29) is 12.5 Å². The van der Waals surface area contributed by atoms with Crippen molar-refractivity contribution in [2.75, 3.05) is 0 Å². The van der Waals surface area contributed by atoms with Crippen LogP contribution in [0.5, 0.6) is 0 Å². The van der Waals surface area contributed by atoms with Crippen molar-refractivity contribution < 1.29 is 9.21 Å². The third-order valence-electron chi connectivity index (χ3n) is 4.10. The fraction of sp³-hybridized carbons (Fsp3) is 0.100. The summed E-state index contributed by atoms with van der Waals surface area (Å²) in [6, 6.07) is 16.6. The lowest BCUT2D eigenvalue weighted by Crippen LogP contribution is -2.24. The van der Waals surface area contributed by atoms with Gasteiger partial charge in [-0.2, -0.15) is 0 Å². The molecule has 0 atom stereocenters. The number of hydrogen-bond donors (Lipinski definition) is 1. The lowest BCUT2D eigenvalue weighted by atomic mass is 10.1. The fourth-order valence-electron chi connectivity index (χ4n) is 2.75. The highest BCUT2D eigenvalue weighted by Crippen LogP contribution is 2.21. The molecule has 0 unspecified atom stereocenters. The second kappa shape index (κ2) is 7.17. The van der Waals surface area contributed by atoms with E-state index in [2.05, 4.69) is 20.5 Å². The van der Waals surface area contributed by atoms with Gasteiger partial charge in [-0.05, 0) is 43.3 Å². The SMILES string of the molecule is Cc1nc2ccc(Cl)cc2cc1C(=O)NCc1nnc(-c2ccccc2)o1. The van der Waals surface area contributed by atoms with Gasteiger partial charge in [-0.3, -0.25) is 9.78 Å². The highest BCUT2D eigenvalue weighted by atomic mass is 35.5. The number of nitrogens with one attached hydrogen (secondary N) is 1. The van der Waals surface area contributed by atoms with Crippen LogP contribution in [0.3, 0.4) is 0 Å². The minimum Gasteiger partial charge on any atom is -0.419 e. The third-order valence-corrected chi connectivity index (χ3v) is 4.33. The zero-order chi connectivity index (χ0) is 18.8. The quantitative estimate of drug-likeness (QED) is 0.576. The minimum atomic E-state index is -0.263. The van der Waals surface area contributed by atoms with Gasteiger partial charge in [0.2, 0.25) is 11.8 Å². The molecule has 1 amide bonds. The Kier molecular flexibility index (Phi) is 4.56. The normalized spacial score (nSPS) is 10.9. The number of benzene rings is 2. The highest BCUT2D eigenvalue weighted by Gasteiger charge is 2.14. The zero-order valence-electron chi connectivity index (χ0n) is 14.4. The molecule has 4 aromatic rings. The number of nitrogens with zero attached hydrogens (tertiary/aromatic N) is 3. The van der Waals surface area contributed by atoms with E-state index >= 15 is 0 Å².